The van der Waals surface area contributed by atoms with Gasteiger partial charge in [0.05, 0.1) is 0 Å². The van der Waals surface area contributed by atoms with Crippen molar-refractivity contribution in [2.75, 3.05) is 22.5 Å². The van der Waals surface area contributed by atoms with Crippen molar-refractivity contribution in [1.82, 2.24) is 0 Å². The number of benzene rings is 2. The molecule has 1 aliphatic heterocycles. The van der Waals surface area contributed by atoms with E-state index in [0.29, 0.717) is 5.69 Å². The number of nitrogens with one attached hydrogen (secondary N) is 3. The summed E-state index contributed by atoms with van der Waals surface area (Å²) < 4.78 is 0. The van der Waals surface area contributed by atoms with Gasteiger partial charge in [0.2, 0.25) is 0 Å². The molecule has 1 aliphatic rings. The van der Waals surface area contributed by atoms with Gasteiger partial charge in [-0.2, -0.15) is 0 Å². The molecule has 0 aromatic heterocycles. The van der Waals surface area contributed by atoms with Crippen LogP contribution in [0.1, 0.15) is 11.1 Å². The summed E-state index contributed by atoms with van der Waals surface area (Å²) in [4.78, 5) is 10.8. The Labute approximate surface area is 123 Å². The zero-order valence-electron chi connectivity index (χ0n) is 11.6. The second kappa shape index (κ2) is 5.75. The fraction of sp³-hybridized carbons (Fsp3) is 0.188. The second-order valence-electron chi connectivity index (χ2n) is 5.05. The number of nitrogens with two attached hydrogens (primary N) is 1. The summed E-state index contributed by atoms with van der Waals surface area (Å²) in [6.07, 6.45) is 1.09. The summed E-state index contributed by atoms with van der Waals surface area (Å²) in [5.74, 6) is 0. The molecule has 0 aliphatic carbocycles. The van der Waals surface area contributed by atoms with E-state index in [-0.39, 0.29) is 0 Å². The fourth-order valence-corrected chi connectivity index (χ4v) is 2.57. The van der Waals surface area contributed by atoms with Crippen molar-refractivity contribution in [2.24, 2.45) is 5.73 Å². The third-order valence-electron chi connectivity index (χ3n) is 3.57. The molecule has 0 atom stereocenters. The Kier molecular flexibility index (Phi) is 3.64. The Bertz CT molecular complexity index is 652. The average Bonchev–Trinajstić information content (AvgIpc) is 2.95. The molecule has 2 aromatic rings. The van der Waals surface area contributed by atoms with Gasteiger partial charge in [-0.25, -0.2) is 4.79 Å². The number of primary amides is 1. The molecule has 2 amide bonds. The number of amides is 2. The van der Waals surface area contributed by atoms with Crippen LogP contribution in [0, 0.1) is 0 Å². The molecule has 5 nitrogen and oxygen atoms in total. The maximum atomic E-state index is 10.8. The number of hydrogen-bond acceptors (Lipinski definition) is 3. The van der Waals surface area contributed by atoms with Crippen LogP contribution in [0.4, 0.5) is 21.9 Å². The van der Waals surface area contributed by atoms with Crippen LogP contribution in [-0.4, -0.2) is 12.6 Å². The van der Waals surface area contributed by atoms with E-state index in [1.54, 1.807) is 0 Å². The lowest BCUT2D eigenvalue weighted by Crippen LogP contribution is -2.19. The number of carbonyl (C=O) groups excluding carboxylic acids is 1. The minimum absolute atomic E-state index is 0.554. The summed E-state index contributed by atoms with van der Waals surface area (Å²) in [6, 6.07) is 13.3. The lowest BCUT2D eigenvalue weighted by Gasteiger charge is -2.11. The molecule has 1 heterocycles. The first-order valence-electron chi connectivity index (χ1n) is 6.97. The molecular weight excluding hydrogens is 264 g/mol. The molecule has 0 bridgehead atoms. The van der Waals surface area contributed by atoms with Gasteiger partial charge in [0.25, 0.3) is 0 Å². The molecular formula is C16H18N4O. The number of fused-ring (bicyclic) bond motifs is 1. The van der Waals surface area contributed by atoms with Gasteiger partial charge in [-0.15, -0.1) is 0 Å². The molecule has 0 unspecified atom stereocenters. The molecule has 5 N–H and O–H groups in total. The van der Waals surface area contributed by atoms with E-state index in [1.807, 2.05) is 24.3 Å². The van der Waals surface area contributed by atoms with Gasteiger partial charge >= 0.3 is 6.03 Å². The van der Waals surface area contributed by atoms with Crippen molar-refractivity contribution >= 4 is 23.1 Å². The molecule has 21 heavy (non-hydrogen) atoms. The number of anilines is 3. The summed E-state index contributed by atoms with van der Waals surface area (Å²) in [5, 5.41) is 9.36. The van der Waals surface area contributed by atoms with Gasteiger partial charge in [-0.3, -0.25) is 0 Å². The largest absolute Gasteiger partial charge is 0.384 e. The van der Waals surface area contributed by atoms with E-state index in [0.717, 1.165) is 25.2 Å². The predicted molar refractivity (Wildman–Crippen MR) is 85.6 cm³/mol. The highest BCUT2D eigenvalue weighted by Gasteiger charge is 2.12. The van der Waals surface area contributed by atoms with Gasteiger partial charge in [-0.1, -0.05) is 18.2 Å². The fourth-order valence-electron chi connectivity index (χ4n) is 2.57. The van der Waals surface area contributed by atoms with E-state index in [1.165, 1.54) is 16.8 Å². The zero-order valence-corrected chi connectivity index (χ0v) is 11.6. The maximum Gasteiger partial charge on any atom is 0.316 e. The van der Waals surface area contributed by atoms with Crippen LogP contribution < -0.4 is 21.7 Å². The summed E-state index contributed by atoms with van der Waals surface area (Å²) in [6.45, 7) is 1.78. The van der Waals surface area contributed by atoms with Crippen molar-refractivity contribution in [2.45, 2.75) is 13.0 Å². The van der Waals surface area contributed by atoms with Crippen molar-refractivity contribution < 1.29 is 4.79 Å². The molecule has 5 heteroatoms. The topological polar surface area (TPSA) is 79.2 Å². The van der Waals surface area contributed by atoms with Gasteiger partial charge in [0, 0.05) is 30.2 Å². The number of hydrogen-bond donors (Lipinski definition) is 4. The summed E-state index contributed by atoms with van der Waals surface area (Å²) in [5.41, 5.74) is 10.7. The first-order chi connectivity index (χ1) is 10.2. The van der Waals surface area contributed by atoms with Gasteiger partial charge in [0.15, 0.2) is 0 Å². The highest BCUT2D eigenvalue weighted by molar-refractivity contribution is 5.87. The van der Waals surface area contributed by atoms with Crippen LogP contribution in [0.3, 0.4) is 0 Å². The van der Waals surface area contributed by atoms with E-state index in [4.69, 9.17) is 5.73 Å². The van der Waals surface area contributed by atoms with Crippen LogP contribution in [0.15, 0.2) is 42.5 Å². The Morgan fingerprint density at radius 2 is 1.90 bits per heavy atom. The Morgan fingerprint density at radius 1 is 1.14 bits per heavy atom. The normalized spacial score (nSPS) is 12.4. The zero-order chi connectivity index (χ0) is 14.7. The van der Waals surface area contributed by atoms with Crippen molar-refractivity contribution in [3.63, 3.8) is 0 Å². The summed E-state index contributed by atoms with van der Waals surface area (Å²) >= 11 is 0. The first-order valence-corrected chi connectivity index (χ1v) is 6.97. The van der Waals surface area contributed by atoms with Gasteiger partial charge < -0.3 is 21.7 Å². The van der Waals surface area contributed by atoms with Crippen molar-refractivity contribution in [3.05, 3.63) is 53.6 Å². The molecule has 2 aromatic carbocycles. The Balaban J connectivity index is 1.65. The van der Waals surface area contributed by atoms with Crippen molar-refractivity contribution in [1.29, 1.82) is 0 Å². The van der Waals surface area contributed by atoms with E-state index >= 15 is 0 Å². The lowest BCUT2D eigenvalue weighted by molar-refractivity contribution is 0.259. The van der Waals surface area contributed by atoms with Gasteiger partial charge in [-0.05, 0) is 41.8 Å². The van der Waals surface area contributed by atoms with E-state index in [9.17, 15) is 4.79 Å². The maximum absolute atomic E-state index is 10.8. The highest BCUT2D eigenvalue weighted by Crippen LogP contribution is 2.27. The molecule has 0 radical (unpaired) electrons. The van der Waals surface area contributed by atoms with Crippen LogP contribution >= 0.6 is 0 Å². The van der Waals surface area contributed by atoms with Crippen LogP contribution in [0.25, 0.3) is 0 Å². The number of rotatable bonds is 4. The van der Waals surface area contributed by atoms with E-state index < -0.39 is 6.03 Å². The average molecular weight is 282 g/mol. The molecule has 0 fully saturated rings. The quantitative estimate of drug-likeness (QED) is 0.696. The summed E-state index contributed by atoms with van der Waals surface area (Å²) in [7, 11) is 0. The van der Waals surface area contributed by atoms with Crippen LogP contribution in [0.2, 0.25) is 0 Å². The number of para-hydroxylation sites is 1. The third kappa shape index (κ3) is 3.08. The van der Waals surface area contributed by atoms with Crippen molar-refractivity contribution in [3.8, 4) is 0 Å². The Morgan fingerprint density at radius 3 is 2.67 bits per heavy atom. The number of carbonyl (C=O) groups is 1. The molecule has 0 saturated carbocycles. The van der Waals surface area contributed by atoms with Crippen LogP contribution in [0.5, 0.6) is 0 Å². The van der Waals surface area contributed by atoms with Gasteiger partial charge in [0.1, 0.15) is 0 Å². The smallest absolute Gasteiger partial charge is 0.316 e. The standard InChI is InChI=1S/C16H18N4O/c17-16(21)20-14-6-4-13(5-7-14)19-10-12-3-1-2-11-8-9-18-15(11)12/h1-7,18-19H,8-10H2,(H3,17,20,21). The molecule has 3 rings (SSSR count). The predicted octanol–water partition coefficient (Wildman–Crippen LogP) is 2.76. The minimum atomic E-state index is -0.554. The highest BCUT2D eigenvalue weighted by atomic mass is 16.2. The first kappa shape index (κ1) is 13.3. The second-order valence-corrected chi connectivity index (χ2v) is 5.05. The Hall–Kier alpha value is -2.69. The lowest BCUT2D eigenvalue weighted by atomic mass is 10.1. The van der Waals surface area contributed by atoms with Crippen LogP contribution in [-0.2, 0) is 13.0 Å². The molecule has 0 spiro atoms. The molecule has 108 valence electrons. The number of urea groups is 1. The van der Waals surface area contributed by atoms with E-state index in [2.05, 4.69) is 34.1 Å². The third-order valence-corrected chi connectivity index (χ3v) is 3.57. The molecule has 0 saturated heterocycles. The monoisotopic (exact) mass is 282 g/mol. The minimum Gasteiger partial charge on any atom is -0.384 e. The SMILES string of the molecule is NC(=O)Nc1ccc(NCc2cccc3c2NCC3)cc1.